The first-order valence-electron chi connectivity index (χ1n) is 8.37. The van der Waals surface area contributed by atoms with E-state index in [2.05, 4.69) is 0 Å². The van der Waals surface area contributed by atoms with Crippen molar-refractivity contribution >= 4 is 11.0 Å². The largest absolute Gasteiger partial charge is 0.507 e. The van der Waals surface area contributed by atoms with Crippen molar-refractivity contribution in [1.82, 2.24) is 0 Å². The Morgan fingerprint density at radius 2 is 1.85 bits per heavy atom. The van der Waals surface area contributed by atoms with Gasteiger partial charge in [-0.15, -0.1) is 0 Å². The standard InChI is InChI=1S/C20H23NO5/c1-21(2)10-14-16(22)6-8-18-19(14)15(11-26-18)20(23)13-9-12(24-3)5-7-17(13)25-4/h5-9,11,20,22-23H,10H2,1-4H3/p+1/t20-/m0/s1. The second-order valence-electron chi connectivity index (χ2n) is 6.52. The van der Waals surface area contributed by atoms with E-state index < -0.39 is 6.10 Å². The zero-order chi connectivity index (χ0) is 18.8. The van der Waals surface area contributed by atoms with Gasteiger partial charge in [0.1, 0.15) is 35.5 Å². The summed E-state index contributed by atoms with van der Waals surface area (Å²) in [4.78, 5) is 1.15. The van der Waals surface area contributed by atoms with E-state index >= 15 is 0 Å². The Balaban J connectivity index is 2.18. The average molecular weight is 358 g/mol. The molecule has 26 heavy (non-hydrogen) atoms. The van der Waals surface area contributed by atoms with Gasteiger partial charge in [-0.05, 0) is 30.3 Å². The number of aromatic hydroxyl groups is 1. The third-order valence-electron chi connectivity index (χ3n) is 4.41. The van der Waals surface area contributed by atoms with Gasteiger partial charge in [0, 0.05) is 16.5 Å². The lowest BCUT2D eigenvalue weighted by molar-refractivity contribution is -0.872. The summed E-state index contributed by atoms with van der Waals surface area (Å²) in [6.45, 7) is 0.595. The molecule has 0 radical (unpaired) electrons. The first-order valence-corrected chi connectivity index (χ1v) is 8.37. The summed E-state index contributed by atoms with van der Waals surface area (Å²) in [6.07, 6.45) is 0.543. The van der Waals surface area contributed by atoms with E-state index in [0.717, 1.165) is 15.8 Å². The molecule has 138 valence electrons. The summed E-state index contributed by atoms with van der Waals surface area (Å²) in [5.41, 5.74) is 2.52. The molecule has 0 spiro atoms. The number of furan rings is 1. The highest BCUT2D eigenvalue weighted by Crippen LogP contribution is 2.39. The molecule has 0 unspecified atom stereocenters. The summed E-state index contributed by atoms with van der Waals surface area (Å²) < 4.78 is 16.3. The molecule has 3 N–H and O–H groups in total. The van der Waals surface area contributed by atoms with Crippen molar-refractivity contribution in [3.05, 3.63) is 53.3 Å². The summed E-state index contributed by atoms with van der Waals surface area (Å²) >= 11 is 0. The number of hydrogen-bond acceptors (Lipinski definition) is 5. The lowest BCUT2D eigenvalue weighted by Gasteiger charge is -2.17. The molecule has 6 heteroatoms. The van der Waals surface area contributed by atoms with Gasteiger partial charge in [0.05, 0.1) is 40.1 Å². The molecule has 2 aromatic carbocycles. The van der Waals surface area contributed by atoms with Gasteiger partial charge in [0.25, 0.3) is 0 Å². The van der Waals surface area contributed by atoms with Gasteiger partial charge in [-0.2, -0.15) is 0 Å². The van der Waals surface area contributed by atoms with Gasteiger partial charge in [-0.3, -0.25) is 0 Å². The molecule has 0 saturated carbocycles. The quantitative estimate of drug-likeness (QED) is 0.627. The Kier molecular flexibility index (Phi) is 5.06. The topological polar surface area (TPSA) is 76.5 Å². The van der Waals surface area contributed by atoms with E-state index in [4.69, 9.17) is 13.9 Å². The monoisotopic (exact) mass is 358 g/mol. The van der Waals surface area contributed by atoms with E-state index in [-0.39, 0.29) is 5.75 Å². The second-order valence-corrected chi connectivity index (χ2v) is 6.52. The fraction of sp³-hybridized carbons (Fsp3) is 0.300. The molecule has 0 saturated heterocycles. The molecular formula is C20H24NO5+. The minimum atomic E-state index is -0.987. The van der Waals surface area contributed by atoms with Crippen LogP contribution >= 0.6 is 0 Å². The third-order valence-corrected chi connectivity index (χ3v) is 4.41. The zero-order valence-corrected chi connectivity index (χ0v) is 15.4. The van der Waals surface area contributed by atoms with E-state index in [1.54, 1.807) is 44.6 Å². The smallest absolute Gasteiger partial charge is 0.135 e. The predicted molar refractivity (Wildman–Crippen MR) is 98.0 cm³/mol. The van der Waals surface area contributed by atoms with E-state index in [1.807, 2.05) is 14.1 Å². The number of aliphatic hydroxyl groups is 1. The molecule has 0 amide bonds. The molecule has 0 aliphatic carbocycles. The van der Waals surface area contributed by atoms with Gasteiger partial charge in [-0.1, -0.05) is 0 Å². The van der Waals surface area contributed by atoms with Crippen LogP contribution in [0.15, 0.2) is 41.0 Å². The van der Waals surface area contributed by atoms with E-state index in [0.29, 0.717) is 34.8 Å². The number of rotatable bonds is 6. The maximum absolute atomic E-state index is 11.1. The summed E-state index contributed by atoms with van der Waals surface area (Å²) in [6, 6.07) is 8.59. The molecule has 1 atom stereocenters. The molecule has 1 heterocycles. The summed E-state index contributed by atoms with van der Waals surface area (Å²) in [5.74, 6) is 1.35. The van der Waals surface area contributed by atoms with Crippen molar-refractivity contribution in [3.8, 4) is 17.2 Å². The molecular weight excluding hydrogens is 334 g/mol. The SMILES string of the molecule is COc1ccc(OC)c([C@H](O)c2coc3ccc(O)c(C[NH+](C)C)c23)c1. The Hall–Kier alpha value is -2.70. The van der Waals surface area contributed by atoms with Crippen molar-refractivity contribution in [2.75, 3.05) is 28.3 Å². The normalized spacial score (nSPS) is 12.5. The van der Waals surface area contributed by atoms with Crippen LogP contribution in [-0.4, -0.2) is 38.5 Å². The molecule has 0 fully saturated rings. The Labute approximate surface area is 152 Å². The van der Waals surface area contributed by atoms with Crippen LogP contribution in [0.3, 0.4) is 0 Å². The number of ether oxygens (including phenoxy) is 2. The fourth-order valence-corrected chi connectivity index (χ4v) is 3.17. The second kappa shape index (κ2) is 7.27. The number of fused-ring (bicyclic) bond motifs is 1. The number of aliphatic hydroxyl groups excluding tert-OH is 1. The minimum Gasteiger partial charge on any atom is -0.507 e. The van der Waals surface area contributed by atoms with Crippen molar-refractivity contribution in [2.45, 2.75) is 12.6 Å². The van der Waals surface area contributed by atoms with Crippen LogP contribution in [0.25, 0.3) is 11.0 Å². The van der Waals surface area contributed by atoms with Crippen LogP contribution in [0.4, 0.5) is 0 Å². The van der Waals surface area contributed by atoms with Gasteiger partial charge in [0.2, 0.25) is 0 Å². The van der Waals surface area contributed by atoms with Crippen LogP contribution < -0.4 is 14.4 Å². The Morgan fingerprint density at radius 1 is 1.08 bits per heavy atom. The highest BCUT2D eigenvalue weighted by atomic mass is 16.5. The van der Waals surface area contributed by atoms with Crippen LogP contribution in [0.5, 0.6) is 17.2 Å². The number of quaternary nitrogens is 1. The van der Waals surface area contributed by atoms with Gasteiger partial charge < -0.3 is 29.0 Å². The summed E-state index contributed by atoms with van der Waals surface area (Å²) in [7, 11) is 7.12. The maximum atomic E-state index is 11.1. The number of hydrogen-bond donors (Lipinski definition) is 3. The molecule has 1 aromatic heterocycles. The van der Waals surface area contributed by atoms with Crippen LogP contribution in [0, 0.1) is 0 Å². The molecule has 0 bridgehead atoms. The van der Waals surface area contributed by atoms with Crippen molar-refractivity contribution in [1.29, 1.82) is 0 Å². The van der Waals surface area contributed by atoms with Crippen molar-refractivity contribution < 1.29 is 29.0 Å². The minimum absolute atomic E-state index is 0.186. The molecule has 6 nitrogen and oxygen atoms in total. The number of phenolic OH excluding ortho intramolecular Hbond substituents is 1. The third kappa shape index (κ3) is 3.21. The molecule has 0 aliphatic rings. The van der Waals surface area contributed by atoms with Gasteiger partial charge >= 0.3 is 0 Å². The van der Waals surface area contributed by atoms with Crippen LogP contribution in [0.2, 0.25) is 0 Å². The summed E-state index contributed by atoms with van der Waals surface area (Å²) in [5, 5.41) is 22.2. The fourth-order valence-electron chi connectivity index (χ4n) is 3.17. The Morgan fingerprint density at radius 3 is 2.50 bits per heavy atom. The van der Waals surface area contributed by atoms with Gasteiger partial charge in [-0.25, -0.2) is 0 Å². The lowest BCUT2D eigenvalue weighted by Crippen LogP contribution is -3.04. The van der Waals surface area contributed by atoms with Crippen LogP contribution in [-0.2, 0) is 6.54 Å². The Bertz CT molecular complexity index is 916. The molecule has 0 aliphatic heterocycles. The van der Waals surface area contributed by atoms with Crippen molar-refractivity contribution in [2.24, 2.45) is 0 Å². The lowest BCUT2D eigenvalue weighted by atomic mass is 9.96. The highest BCUT2D eigenvalue weighted by Gasteiger charge is 2.24. The molecule has 3 aromatic rings. The number of methoxy groups -OCH3 is 2. The first-order chi connectivity index (χ1) is 12.5. The number of phenols is 1. The van der Waals surface area contributed by atoms with Crippen molar-refractivity contribution in [3.63, 3.8) is 0 Å². The molecule has 3 rings (SSSR count). The predicted octanol–water partition coefficient (Wildman–Crippen LogP) is 1.88. The number of benzene rings is 2. The average Bonchev–Trinajstić information content (AvgIpc) is 3.07. The van der Waals surface area contributed by atoms with Gasteiger partial charge in [0.15, 0.2) is 0 Å². The zero-order valence-electron chi connectivity index (χ0n) is 15.4. The van der Waals surface area contributed by atoms with E-state index in [9.17, 15) is 10.2 Å². The highest BCUT2D eigenvalue weighted by molar-refractivity contribution is 5.87. The number of nitrogens with one attached hydrogen (secondary N) is 1. The maximum Gasteiger partial charge on any atom is 0.135 e. The first kappa shape index (κ1) is 18.1. The van der Waals surface area contributed by atoms with Crippen LogP contribution in [0.1, 0.15) is 22.8 Å². The van der Waals surface area contributed by atoms with E-state index in [1.165, 1.54) is 6.26 Å².